The number of rotatable bonds is 2. The molecule has 0 aliphatic carbocycles. The zero-order valence-electron chi connectivity index (χ0n) is 8.15. The highest BCUT2D eigenvalue weighted by molar-refractivity contribution is 9.11. The molecule has 84 valence electrons. The first kappa shape index (κ1) is 11.8. The number of halogens is 2. The smallest absolute Gasteiger partial charge is 0.261 e. The molecule has 0 fully saturated rings. The number of aliphatic hydroxyl groups excluding tert-OH is 1. The van der Waals surface area contributed by atoms with Crippen LogP contribution in [0.2, 0.25) is 0 Å². The Balaban J connectivity index is 2.78. The molecule has 0 aliphatic heterocycles. The average Bonchev–Trinajstić information content (AvgIpc) is 2.23. The van der Waals surface area contributed by atoms with Crippen LogP contribution in [0, 0.1) is 0 Å². The maximum absolute atomic E-state index is 12.0. The summed E-state index contributed by atoms with van der Waals surface area (Å²) in [7, 11) is 0. The molecule has 0 bridgehead atoms. The Labute approximate surface area is 108 Å². The number of hydrogen-bond acceptors (Lipinski definition) is 3. The number of nitrogens with zero attached hydrogens (tertiary/aromatic N) is 2. The molecule has 2 aromatic rings. The van der Waals surface area contributed by atoms with Crippen LogP contribution in [-0.2, 0) is 6.54 Å². The molecule has 0 unspecified atom stereocenters. The SMILES string of the molecule is O=c1c2cc(Br)cc(Br)c2ncn1CCO. The van der Waals surface area contributed by atoms with Crippen molar-refractivity contribution >= 4 is 42.8 Å². The van der Waals surface area contributed by atoms with Gasteiger partial charge in [0.05, 0.1) is 30.4 Å². The second kappa shape index (κ2) is 4.65. The third-order valence-corrected chi connectivity index (χ3v) is 3.25. The van der Waals surface area contributed by atoms with Gasteiger partial charge in [-0.2, -0.15) is 0 Å². The molecule has 0 saturated carbocycles. The Morgan fingerprint density at radius 1 is 1.38 bits per heavy atom. The van der Waals surface area contributed by atoms with Crippen molar-refractivity contribution in [3.05, 3.63) is 37.8 Å². The lowest BCUT2D eigenvalue weighted by atomic mass is 10.2. The van der Waals surface area contributed by atoms with Gasteiger partial charge in [-0.1, -0.05) is 15.9 Å². The molecule has 1 N–H and O–H groups in total. The average molecular weight is 348 g/mol. The molecule has 0 amide bonds. The number of aromatic nitrogens is 2. The van der Waals surface area contributed by atoms with E-state index in [1.807, 2.05) is 6.07 Å². The van der Waals surface area contributed by atoms with E-state index >= 15 is 0 Å². The number of fused-ring (bicyclic) bond motifs is 1. The van der Waals surface area contributed by atoms with Gasteiger partial charge < -0.3 is 5.11 Å². The summed E-state index contributed by atoms with van der Waals surface area (Å²) in [6.07, 6.45) is 1.44. The Bertz CT molecular complexity index is 595. The molecule has 2 rings (SSSR count). The van der Waals surface area contributed by atoms with E-state index in [1.165, 1.54) is 10.9 Å². The zero-order chi connectivity index (χ0) is 11.7. The fourth-order valence-electron chi connectivity index (χ4n) is 1.46. The maximum Gasteiger partial charge on any atom is 0.261 e. The van der Waals surface area contributed by atoms with Crippen molar-refractivity contribution < 1.29 is 5.11 Å². The lowest BCUT2D eigenvalue weighted by molar-refractivity contribution is 0.274. The first-order valence-electron chi connectivity index (χ1n) is 4.58. The minimum absolute atomic E-state index is 0.0811. The van der Waals surface area contributed by atoms with Gasteiger partial charge in [0.15, 0.2) is 0 Å². The summed E-state index contributed by atoms with van der Waals surface area (Å²) >= 11 is 6.68. The predicted molar refractivity (Wildman–Crippen MR) is 68.5 cm³/mol. The summed E-state index contributed by atoms with van der Waals surface area (Å²) < 4.78 is 2.97. The molecule has 0 radical (unpaired) electrons. The van der Waals surface area contributed by atoms with Crippen molar-refractivity contribution in [1.29, 1.82) is 0 Å². The Kier molecular flexibility index (Phi) is 3.41. The van der Waals surface area contributed by atoms with Crippen LogP contribution >= 0.6 is 31.9 Å². The summed E-state index contributed by atoms with van der Waals surface area (Å²) in [6.45, 7) is 0.175. The molecule has 4 nitrogen and oxygen atoms in total. The van der Waals surface area contributed by atoms with E-state index in [0.717, 1.165) is 8.95 Å². The van der Waals surface area contributed by atoms with E-state index in [1.54, 1.807) is 6.07 Å². The molecule has 1 aromatic carbocycles. The zero-order valence-corrected chi connectivity index (χ0v) is 11.3. The summed E-state index contributed by atoms with van der Waals surface area (Å²) in [5, 5.41) is 9.34. The van der Waals surface area contributed by atoms with Crippen LogP contribution in [0.1, 0.15) is 0 Å². The highest BCUT2D eigenvalue weighted by atomic mass is 79.9. The van der Waals surface area contributed by atoms with Gasteiger partial charge in [0, 0.05) is 8.95 Å². The minimum Gasteiger partial charge on any atom is -0.395 e. The third kappa shape index (κ3) is 2.05. The van der Waals surface area contributed by atoms with Crippen molar-refractivity contribution in [2.24, 2.45) is 0 Å². The molecular weight excluding hydrogens is 340 g/mol. The summed E-state index contributed by atoms with van der Waals surface area (Å²) in [5.74, 6) is 0. The highest BCUT2D eigenvalue weighted by Crippen LogP contribution is 2.24. The number of benzene rings is 1. The fraction of sp³-hybridized carbons (Fsp3) is 0.200. The van der Waals surface area contributed by atoms with E-state index in [2.05, 4.69) is 36.8 Å². The second-order valence-corrected chi connectivity index (χ2v) is 5.02. The summed E-state index contributed by atoms with van der Waals surface area (Å²) in [6, 6.07) is 3.56. The molecule has 1 aromatic heterocycles. The maximum atomic E-state index is 12.0. The Morgan fingerprint density at radius 2 is 2.12 bits per heavy atom. The standard InChI is InChI=1S/C10H8Br2N2O2/c11-6-3-7-9(8(12)4-6)13-5-14(1-2-15)10(7)16/h3-5,15H,1-2H2. The summed E-state index contributed by atoms with van der Waals surface area (Å²) in [5.41, 5.74) is 0.475. The molecule has 0 aliphatic rings. The van der Waals surface area contributed by atoms with Crippen LogP contribution in [-0.4, -0.2) is 21.3 Å². The van der Waals surface area contributed by atoms with Gasteiger partial charge in [0.1, 0.15) is 0 Å². The van der Waals surface area contributed by atoms with Crippen LogP contribution < -0.4 is 5.56 Å². The normalized spacial score (nSPS) is 10.9. The first-order valence-corrected chi connectivity index (χ1v) is 6.17. The predicted octanol–water partition coefficient (Wildman–Crippen LogP) is 1.91. The van der Waals surface area contributed by atoms with Crippen molar-refractivity contribution in [3.8, 4) is 0 Å². The van der Waals surface area contributed by atoms with E-state index in [-0.39, 0.29) is 18.7 Å². The molecular formula is C10H8Br2N2O2. The first-order chi connectivity index (χ1) is 7.63. The third-order valence-electron chi connectivity index (χ3n) is 2.19. The van der Waals surface area contributed by atoms with Gasteiger partial charge in [-0.25, -0.2) is 4.98 Å². The molecule has 0 saturated heterocycles. The van der Waals surface area contributed by atoms with Crippen LogP contribution in [0.25, 0.3) is 10.9 Å². The Hall–Kier alpha value is -0.720. The van der Waals surface area contributed by atoms with Crippen LogP contribution in [0.5, 0.6) is 0 Å². The highest BCUT2D eigenvalue weighted by Gasteiger charge is 2.07. The monoisotopic (exact) mass is 346 g/mol. The molecule has 0 atom stereocenters. The van der Waals surface area contributed by atoms with Gasteiger partial charge in [-0.05, 0) is 28.1 Å². The van der Waals surface area contributed by atoms with Gasteiger partial charge in [-0.15, -0.1) is 0 Å². The van der Waals surface area contributed by atoms with E-state index < -0.39 is 0 Å². The minimum atomic E-state index is -0.152. The number of hydrogen-bond donors (Lipinski definition) is 1. The van der Waals surface area contributed by atoms with Crippen molar-refractivity contribution in [3.63, 3.8) is 0 Å². The lowest BCUT2D eigenvalue weighted by Gasteiger charge is -2.05. The van der Waals surface area contributed by atoms with Crippen LogP contribution in [0.4, 0.5) is 0 Å². The largest absolute Gasteiger partial charge is 0.395 e. The molecule has 0 spiro atoms. The van der Waals surface area contributed by atoms with Gasteiger partial charge >= 0.3 is 0 Å². The van der Waals surface area contributed by atoms with Crippen LogP contribution in [0.3, 0.4) is 0 Å². The van der Waals surface area contributed by atoms with E-state index in [9.17, 15) is 4.79 Å². The lowest BCUT2D eigenvalue weighted by Crippen LogP contribution is -2.22. The molecule has 16 heavy (non-hydrogen) atoms. The van der Waals surface area contributed by atoms with Crippen LogP contribution in [0.15, 0.2) is 32.2 Å². The van der Waals surface area contributed by atoms with Gasteiger partial charge in [-0.3, -0.25) is 9.36 Å². The molecule has 6 heteroatoms. The van der Waals surface area contributed by atoms with E-state index in [4.69, 9.17) is 5.11 Å². The quantitative estimate of drug-likeness (QED) is 0.902. The topological polar surface area (TPSA) is 55.1 Å². The molecule has 1 heterocycles. The van der Waals surface area contributed by atoms with Gasteiger partial charge in [0.25, 0.3) is 5.56 Å². The number of aliphatic hydroxyl groups is 1. The van der Waals surface area contributed by atoms with Crippen molar-refractivity contribution in [2.45, 2.75) is 6.54 Å². The second-order valence-electron chi connectivity index (χ2n) is 3.25. The fourth-order valence-corrected chi connectivity index (χ4v) is 2.79. The van der Waals surface area contributed by atoms with Gasteiger partial charge in [0.2, 0.25) is 0 Å². The van der Waals surface area contributed by atoms with Crippen molar-refractivity contribution in [1.82, 2.24) is 9.55 Å². The summed E-state index contributed by atoms with van der Waals surface area (Å²) in [4.78, 5) is 16.2. The van der Waals surface area contributed by atoms with Crippen molar-refractivity contribution in [2.75, 3.05) is 6.61 Å². The Morgan fingerprint density at radius 3 is 2.81 bits per heavy atom. The van der Waals surface area contributed by atoms with E-state index in [0.29, 0.717) is 10.9 Å².